The monoisotopic (exact) mass is 188 g/mol. The minimum Gasteiger partial charge on any atom is -0.382 e. The number of aliphatic hydroxyl groups is 1. The van der Waals surface area contributed by atoms with E-state index in [1.807, 2.05) is 0 Å². The smallest absolute Gasteiger partial charge is 0.247 e. The second-order valence-electron chi connectivity index (χ2n) is 3.26. The van der Waals surface area contributed by atoms with Crippen molar-refractivity contribution in [1.29, 1.82) is 0 Å². The molecule has 4 N–H and O–H groups in total. The van der Waals surface area contributed by atoms with Gasteiger partial charge in [-0.25, -0.2) is 0 Å². The van der Waals surface area contributed by atoms with Crippen molar-refractivity contribution in [2.75, 3.05) is 13.1 Å². The highest BCUT2D eigenvalue weighted by atomic mass is 16.3. The summed E-state index contributed by atoms with van der Waals surface area (Å²) in [4.78, 5) is 10.4. The highest BCUT2D eigenvalue weighted by molar-refractivity contribution is 5.78. The molecule has 0 aromatic carbocycles. The molecule has 0 heterocycles. The van der Waals surface area contributed by atoms with Gasteiger partial charge in [0.15, 0.2) is 0 Å². The van der Waals surface area contributed by atoms with Crippen LogP contribution in [0.25, 0.3) is 0 Å². The Hall–Kier alpha value is -0.610. The molecule has 0 aliphatic heterocycles. The average molecular weight is 188 g/mol. The number of aliphatic hydroxyl groups excluding tert-OH is 1. The molecule has 78 valence electrons. The predicted octanol–water partition coefficient (Wildman–Crippen LogP) is -0.142. The topological polar surface area (TPSA) is 75.3 Å². The summed E-state index contributed by atoms with van der Waals surface area (Å²) >= 11 is 0. The molecule has 0 aliphatic carbocycles. The van der Waals surface area contributed by atoms with Crippen LogP contribution in [0.15, 0.2) is 0 Å². The molecule has 0 spiro atoms. The van der Waals surface area contributed by atoms with Gasteiger partial charge in [-0.2, -0.15) is 0 Å². The highest BCUT2D eigenvalue weighted by Gasteiger charge is 2.10. The molecular formula is C9H20N2O2. The van der Waals surface area contributed by atoms with Crippen molar-refractivity contribution < 1.29 is 9.90 Å². The van der Waals surface area contributed by atoms with E-state index in [0.717, 1.165) is 19.4 Å². The number of hydrogen-bond donors (Lipinski definition) is 3. The Labute approximate surface area is 79.5 Å². The standard InChI is InChI=1S/C9H20N2O2/c1-3-7(4-2)5-11-6-8(12)9(10)13/h7-8,11-12H,3-6H2,1-2H3,(H2,10,13). The van der Waals surface area contributed by atoms with Crippen LogP contribution in [0.3, 0.4) is 0 Å². The van der Waals surface area contributed by atoms with Gasteiger partial charge in [0.25, 0.3) is 0 Å². The van der Waals surface area contributed by atoms with E-state index in [9.17, 15) is 4.79 Å². The van der Waals surface area contributed by atoms with Gasteiger partial charge in [0.1, 0.15) is 6.10 Å². The first-order valence-corrected chi connectivity index (χ1v) is 4.79. The summed E-state index contributed by atoms with van der Waals surface area (Å²) in [5.74, 6) is -0.0582. The van der Waals surface area contributed by atoms with E-state index in [2.05, 4.69) is 19.2 Å². The van der Waals surface area contributed by atoms with Crippen molar-refractivity contribution in [3.8, 4) is 0 Å². The number of carbonyl (C=O) groups excluding carboxylic acids is 1. The summed E-state index contributed by atoms with van der Waals surface area (Å²) in [5.41, 5.74) is 4.89. The van der Waals surface area contributed by atoms with Crippen LogP contribution in [0, 0.1) is 5.92 Å². The Morgan fingerprint density at radius 3 is 2.31 bits per heavy atom. The molecule has 0 saturated heterocycles. The lowest BCUT2D eigenvalue weighted by Gasteiger charge is -2.14. The maximum Gasteiger partial charge on any atom is 0.247 e. The van der Waals surface area contributed by atoms with Crippen LogP contribution in [0.5, 0.6) is 0 Å². The minimum atomic E-state index is -1.06. The zero-order valence-corrected chi connectivity index (χ0v) is 8.42. The fourth-order valence-electron chi connectivity index (χ4n) is 1.10. The summed E-state index contributed by atoms with van der Waals surface area (Å²) in [6, 6.07) is 0. The van der Waals surface area contributed by atoms with Crippen molar-refractivity contribution in [3.05, 3.63) is 0 Å². The van der Waals surface area contributed by atoms with Gasteiger partial charge in [0.2, 0.25) is 5.91 Å². The summed E-state index contributed by atoms with van der Waals surface area (Å²) in [6.07, 6.45) is 1.15. The molecule has 0 aromatic rings. The maximum atomic E-state index is 10.4. The summed E-state index contributed by atoms with van der Waals surface area (Å²) in [6.45, 7) is 5.34. The molecule has 4 nitrogen and oxygen atoms in total. The van der Waals surface area contributed by atoms with Crippen LogP contribution in [-0.4, -0.2) is 30.2 Å². The fraction of sp³-hybridized carbons (Fsp3) is 0.889. The molecule has 4 heteroatoms. The molecular weight excluding hydrogens is 168 g/mol. The minimum absolute atomic E-state index is 0.256. The van der Waals surface area contributed by atoms with Crippen LogP contribution in [0.2, 0.25) is 0 Å². The van der Waals surface area contributed by atoms with Crippen LogP contribution in [0.4, 0.5) is 0 Å². The molecule has 0 bridgehead atoms. The first-order chi connectivity index (χ1) is 6.11. The molecule has 13 heavy (non-hydrogen) atoms. The van der Waals surface area contributed by atoms with E-state index in [1.54, 1.807) is 0 Å². The number of nitrogens with two attached hydrogens (primary N) is 1. The van der Waals surface area contributed by atoms with Crippen molar-refractivity contribution in [2.45, 2.75) is 32.8 Å². The van der Waals surface area contributed by atoms with Crippen LogP contribution >= 0.6 is 0 Å². The van der Waals surface area contributed by atoms with Gasteiger partial charge in [-0.3, -0.25) is 4.79 Å². The third-order valence-electron chi connectivity index (χ3n) is 2.25. The molecule has 1 atom stereocenters. The third-order valence-corrected chi connectivity index (χ3v) is 2.25. The highest BCUT2D eigenvalue weighted by Crippen LogP contribution is 2.04. The zero-order chi connectivity index (χ0) is 10.3. The Morgan fingerprint density at radius 1 is 1.38 bits per heavy atom. The van der Waals surface area contributed by atoms with Crippen molar-refractivity contribution in [1.82, 2.24) is 5.32 Å². The van der Waals surface area contributed by atoms with E-state index in [1.165, 1.54) is 0 Å². The fourth-order valence-corrected chi connectivity index (χ4v) is 1.10. The van der Waals surface area contributed by atoms with Gasteiger partial charge in [0, 0.05) is 6.54 Å². The predicted molar refractivity (Wildman–Crippen MR) is 52.1 cm³/mol. The van der Waals surface area contributed by atoms with Crippen molar-refractivity contribution in [3.63, 3.8) is 0 Å². The van der Waals surface area contributed by atoms with Crippen LogP contribution in [0.1, 0.15) is 26.7 Å². The maximum absolute atomic E-state index is 10.4. The number of nitrogens with one attached hydrogen (secondary N) is 1. The second-order valence-corrected chi connectivity index (χ2v) is 3.26. The molecule has 1 amide bonds. The van der Waals surface area contributed by atoms with E-state index >= 15 is 0 Å². The summed E-state index contributed by atoms with van der Waals surface area (Å²) < 4.78 is 0. The Bertz CT molecular complexity index is 147. The largest absolute Gasteiger partial charge is 0.382 e. The molecule has 0 fully saturated rings. The lowest BCUT2D eigenvalue weighted by Crippen LogP contribution is -2.39. The van der Waals surface area contributed by atoms with Gasteiger partial charge in [-0.15, -0.1) is 0 Å². The number of carbonyl (C=O) groups is 1. The Morgan fingerprint density at radius 2 is 1.92 bits per heavy atom. The molecule has 0 saturated carbocycles. The molecule has 0 aliphatic rings. The van der Waals surface area contributed by atoms with Crippen molar-refractivity contribution in [2.24, 2.45) is 11.7 Å². The number of rotatable bonds is 7. The number of hydrogen-bond acceptors (Lipinski definition) is 3. The van der Waals surface area contributed by atoms with E-state index < -0.39 is 12.0 Å². The van der Waals surface area contributed by atoms with Gasteiger partial charge in [0.05, 0.1) is 0 Å². The Balaban J connectivity index is 3.48. The van der Waals surface area contributed by atoms with Crippen LogP contribution in [-0.2, 0) is 4.79 Å². The third kappa shape index (κ3) is 5.60. The molecule has 0 radical (unpaired) electrons. The number of amides is 1. The molecule has 1 unspecified atom stereocenters. The first kappa shape index (κ1) is 12.4. The van der Waals surface area contributed by atoms with Gasteiger partial charge in [-0.1, -0.05) is 26.7 Å². The van der Waals surface area contributed by atoms with Gasteiger partial charge < -0.3 is 16.2 Å². The molecule has 0 aromatic heterocycles. The molecule has 0 rings (SSSR count). The summed E-state index contributed by atoms with van der Waals surface area (Å²) in [5, 5.41) is 12.1. The van der Waals surface area contributed by atoms with Crippen LogP contribution < -0.4 is 11.1 Å². The zero-order valence-electron chi connectivity index (χ0n) is 8.42. The average Bonchev–Trinajstić information content (AvgIpc) is 2.12. The first-order valence-electron chi connectivity index (χ1n) is 4.79. The van der Waals surface area contributed by atoms with E-state index in [4.69, 9.17) is 10.8 Å². The SMILES string of the molecule is CCC(CC)CNCC(O)C(N)=O. The lowest BCUT2D eigenvalue weighted by atomic mass is 10.0. The van der Waals surface area contributed by atoms with E-state index in [0.29, 0.717) is 5.92 Å². The van der Waals surface area contributed by atoms with E-state index in [-0.39, 0.29) is 6.54 Å². The van der Waals surface area contributed by atoms with Crippen molar-refractivity contribution >= 4 is 5.91 Å². The summed E-state index contributed by atoms with van der Waals surface area (Å²) in [7, 11) is 0. The normalized spacial score (nSPS) is 13.2. The van der Waals surface area contributed by atoms with Gasteiger partial charge >= 0.3 is 0 Å². The number of primary amides is 1. The van der Waals surface area contributed by atoms with Gasteiger partial charge in [-0.05, 0) is 12.5 Å². The Kier molecular flexibility index (Phi) is 6.54. The lowest BCUT2D eigenvalue weighted by molar-refractivity contribution is -0.125. The quantitative estimate of drug-likeness (QED) is 0.520. The second kappa shape index (κ2) is 6.86.